The Hall–Kier alpha value is -1.64. The number of aryl methyl sites for hydroxylation is 1. The topological polar surface area (TPSA) is 46.2 Å². The minimum absolute atomic E-state index is 0.0451. The number of benzene rings is 1. The van der Waals surface area contributed by atoms with Crippen molar-refractivity contribution in [3.63, 3.8) is 0 Å². The molecule has 0 spiro atoms. The van der Waals surface area contributed by atoms with Crippen LogP contribution in [0.1, 0.15) is 58.9 Å². The third kappa shape index (κ3) is 13.3. The zero-order valence-corrected chi connectivity index (χ0v) is 15.1. The summed E-state index contributed by atoms with van der Waals surface area (Å²) in [6.45, 7) is 9.72. The van der Waals surface area contributed by atoms with E-state index in [9.17, 15) is 9.59 Å². The molecule has 1 N–H and O–H groups in total. The van der Waals surface area contributed by atoms with E-state index in [4.69, 9.17) is 0 Å². The molecule has 0 aliphatic rings. The lowest BCUT2D eigenvalue weighted by Crippen LogP contribution is -2.24. The van der Waals surface area contributed by atoms with Gasteiger partial charge in [0.25, 0.3) is 0 Å². The summed E-state index contributed by atoms with van der Waals surface area (Å²) in [5, 5.41) is 2.54. The predicted octanol–water partition coefficient (Wildman–Crippen LogP) is 4.54. The Bertz CT molecular complexity index is 388. The summed E-state index contributed by atoms with van der Waals surface area (Å²) in [6.07, 6.45) is 3.25. The van der Waals surface area contributed by atoms with Crippen LogP contribution in [0.15, 0.2) is 30.3 Å². The molecular weight excluding hydrogens is 274 g/mol. The van der Waals surface area contributed by atoms with Gasteiger partial charge in [-0.05, 0) is 20.3 Å². The molecule has 0 aliphatic heterocycles. The average Bonchev–Trinajstić information content (AvgIpc) is 2.54. The number of carbonyl (C=O) groups is 2. The van der Waals surface area contributed by atoms with Gasteiger partial charge in [0.2, 0.25) is 5.91 Å². The highest BCUT2D eigenvalue weighted by Crippen LogP contribution is 2.13. The first-order valence-electron chi connectivity index (χ1n) is 8.23. The van der Waals surface area contributed by atoms with Crippen LogP contribution in [-0.2, 0) is 9.59 Å². The number of carbonyl (C=O) groups excluding carboxylic acids is 2. The third-order valence-corrected chi connectivity index (χ3v) is 3.13. The number of nitrogens with one attached hydrogen (secondary N) is 1. The number of amides is 1. The second-order valence-electron chi connectivity index (χ2n) is 4.98. The molecule has 0 bridgehead atoms. The lowest BCUT2D eigenvalue weighted by molar-refractivity contribution is -0.127. The standard InChI is InChI=1S/C10H19NO2.C7H8.C2H6/c1-4-5-6-9(8(2)12)7-10(13)11-3;1-7-5-3-2-4-6-7;1-2/h9H,4-7H2,1-3H3,(H,11,13);2-6H,1H3;1-2H3. The van der Waals surface area contributed by atoms with Gasteiger partial charge in [0, 0.05) is 19.4 Å². The highest BCUT2D eigenvalue weighted by atomic mass is 16.2. The van der Waals surface area contributed by atoms with E-state index in [0.717, 1.165) is 19.3 Å². The molecule has 126 valence electrons. The van der Waals surface area contributed by atoms with Gasteiger partial charge in [-0.1, -0.05) is 69.5 Å². The highest BCUT2D eigenvalue weighted by Gasteiger charge is 2.16. The molecule has 3 heteroatoms. The molecule has 0 saturated heterocycles. The van der Waals surface area contributed by atoms with Gasteiger partial charge < -0.3 is 5.32 Å². The van der Waals surface area contributed by atoms with Crippen LogP contribution in [-0.4, -0.2) is 18.7 Å². The van der Waals surface area contributed by atoms with Gasteiger partial charge in [-0.3, -0.25) is 9.59 Å². The number of hydrogen-bond acceptors (Lipinski definition) is 2. The minimum Gasteiger partial charge on any atom is -0.359 e. The lowest BCUT2D eigenvalue weighted by atomic mass is 9.94. The van der Waals surface area contributed by atoms with Crippen molar-refractivity contribution in [2.75, 3.05) is 7.05 Å². The SMILES string of the molecule is CC.CCCCC(CC(=O)NC)C(C)=O.Cc1ccccc1. The molecule has 22 heavy (non-hydrogen) atoms. The number of rotatable bonds is 6. The molecule has 0 radical (unpaired) electrons. The molecule has 1 aromatic rings. The maximum Gasteiger partial charge on any atom is 0.220 e. The van der Waals surface area contributed by atoms with E-state index in [2.05, 4.69) is 31.3 Å². The van der Waals surface area contributed by atoms with Crippen LogP contribution in [0.25, 0.3) is 0 Å². The van der Waals surface area contributed by atoms with Crippen molar-refractivity contribution in [2.24, 2.45) is 5.92 Å². The Balaban J connectivity index is 0. The molecule has 1 amide bonds. The average molecular weight is 307 g/mol. The molecule has 0 saturated carbocycles. The quantitative estimate of drug-likeness (QED) is 0.838. The molecule has 0 aromatic heterocycles. The van der Waals surface area contributed by atoms with Gasteiger partial charge in [-0.25, -0.2) is 0 Å². The number of hydrogen-bond donors (Lipinski definition) is 1. The van der Waals surface area contributed by atoms with E-state index in [1.807, 2.05) is 32.0 Å². The van der Waals surface area contributed by atoms with Gasteiger partial charge in [0.15, 0.2) is 0 Å². The molecule has 1 atom stereocenters. The number of unbranched alkanes of at least 4 members (excludes halogenated alkanes) is 1. The van der Waals surface area contributed by atoms with Gasteiger partial charge >= 0.3 is 0 Å². The van der Waals surface area contributed by atoms with E-state index in [-0.39, 0.29) is 17.6 Å². The first kappa shape index (κ1) is 22.6. The minimum atomic E-state index is -0.0834. The number of ketones is 1. The summed E-state index contributed by atoms with van der Waals surface area (Å²) in [5.74, 6) is -0.00625. The number of Topliss-reactive ketones (excluding diaryl/α,β-unsaturated/α-hetero) is 1. The van der Waals surface area contributed by atoms with Crippen LogP contribution in [0.4, 0.5) is 0 Å². The highest BCUT2D eigenvalue weighted by molar-refractivity contribution is 5.85. The maximum absolute atomic E-state index is 11.1. The smallest absolute Gasteiger partial charge is 0.220 e. The summed E-state index contributed by atoms with van der Waals surface area (Å²) in [6, 6.07) is 10.3. The van der Waals surface area contributed by atoms with Crippen LogP contribution < -0.4 is 5.32 Å². The monoisotopic (exact) mass is 307 g/mol. The Kier molecular flexibility index (Phi) is 16.2. The summed E-state index contributed by atoms with van der Waals surface area (Å²) in [7, 11) is 1.60. The summed E-state index contributed by atoms with van der Waals surface area (Å²) >= 11 is 0. The largest absolute Gasteiger partial charge is 0.359 e. The Morgan fingerprint density at radius 1 is 1.14 bits per heavy atom. The molecule has 0 heterocycles. The van der Waals surface area contributed by atoms with E-state index < -0.39 is 0 Å². The summed E-state index contributed by atoms with van der Waals surface area (Å²) < 4.78 is 0. The zero-order chi connectivity index (χ0) is 17.4. The van der Waals surface area contributed by atoms with E-state index in [0.29, 0.717) is 6.42 Å². The van der Waals surface area contributed by atoms with Crippen molar-refractivity contribution < 1.29 is 9.59 Å². The van der Waals surface area contributed by atoms with Crippen LogP contribution in [0.5, 0.6) is 0 Å². The molecule has 3 nitrogen and oxygen atoms in total. The molecule has 0 fully saturated rings. The van der Waals surface area contributed by atoms with Crippen LogP contribution in [0, 0.1) is 12.8 Å². The van der Waals surface area contributed by atoms with E-state index >= 15 is 0 Å². The Morgan fingerprint density at radius 3 is 2.00 bits per heavy atom. The van der Waals surface area contributed by atoms with Gasteiger partial charge in [-0.15, -0.1) is 0 Å². The van der Waals surface area contributed by atoms with Crippen molar-refractivity contribution in [1.29, 1.82) is 0 Å². The fourth-order valence-corrected chi connectivity index (χ4v) is 1.76. The second-order valence-corrected chi connectivity index (χ2v) is 4.98. The normalized spacial score (nSPS) is 10.3. The first-order valence-corrected chi connectivity index (χ1v) is 8.23. The van der Waals surface area contributed by atoms with Gasteiger partial charge in [0.05, 0.1) is 0 Å². The molecular formula is C19H33NO2. The van der Waals surface area contributed by atoms with Crippen LogP contribution in [0.3, 0.4) is 0 Å². The maximum atomic E-state index is 11.1. The van der Waals surface area contributed by atoms with Crippen molar-refractivity contribution in [2.45, 2.75) is 60.3 Å². The first-order chi connectivity index (χ1) is 10.5. The Morgan fingerprint density at radius 2 is 1.68 bits per heavy atom. The zero-order valence-electron chi connectivity index (χ0n) is 15.1. The van der Waals surface area contributed by atoms with Crippen molar-refractivity contribution >= 4 is 11.7 Å². The summed E-state index contributed by atoms with van der Waals surface area (Å²) in [4.78, 5) is 22.1. The van der Waals surface area contributed by atoms with Gasteiger partial charge in [0.1, 0.15) is 5.78 Å². The van der Waals surface area contributed by atoms with Crippen LogP contribution >= 0.6 is 0 Å². The lowest BCUT2D eigenvalue weighted by Gasteiger charge is -2.11. The van der Waals surface area contributed by atoms with E-state index in [1.165, 1.54) is 5.56 Å². The fraction of sp³-hybridized carbons (Fsp3) is 0.579. The van der Waals surface area contributed by atoms with Gasteiger partial charge in [-0.2, -0.15) is 0 Å². The van der Waals surface area contributed by atoms with Crippen molar-refractivity contribution in [3.8, 4) is 0 Å². The second kappa shape index (κ2) is 15.7. The van der Waals surface area contributed by atoms with Crippen LogP contribution in [0.2, 0.25) is 0 Å². The molecule has 1 rings (SSSR count). The van der Waals surface area contributed by atoms with Crippen molar-refractivity contribution in [1.82, 2.24) is 5.32 Å². The third-order valence-electron chi connectivity index (χ3n) is 3.13. The fourth-order valence-electron chi connectivity index (χ4n) is 1.76. The predicted molar refractivity (Wildman–Crippen MR) is 94.9 cm³/mol. The van der Waals surface area contributed by atoms with E-state index in [1.54, 1.807) is 14.0 Å². The molecule has 1 unspecified atom stereocenters. The molecule has 1 aromatic carbocycles. The Labute approximate surface area is 136 Å². The molecule has 0 aliphatic carbocycles. The van der Waals surface area contributed by atoms with Crippen molar-refractivity contribution in [3.05, 3.63) is 35.9 Å². The summed E-state index contributed by atoms with van der Waals surface area (Å²) in [5.41, 5.74) is 1.32.